The van der Waals surface area contributed by atoms with E-state index in [1.165, 1.54) is 5.56 Å². The van der Waals surface area contributed by atoms with Crippen LogP contribution in [0.3, 0.4) is 0 Å². The van der Waals surface area contributed by atoms with Crippen molar-refractivity contribution in [1.29, 1.82) is 0 Å². The Balaban J connectivity index is 0.000000523. The molecule has 0 unspecified atom stereocenters. The molecule has 6 heteroatoms. The molecule has 0 amide bonds. The van der Waals surface area contributed by atoms with Gasteiger partial charge in [-0.1, -0.05) is 30.3 Å². The van der Waals surface area contributed by atoms with Crippen LogP contribution in [0.2, 0.25) is 0 Å². The van der Waals surface area contributed by atoms with Crippen LogP contribution in [0.4, 0.5) is 0 Å². The maximum atomic E-state index is 12.3. The van der Waals surface area contributed by atoms with Gasteiger partial charge in [0.2, 0.25) is 0 Å². The summed E-state index contributed by atoms with van der Waals surface area (Å²) in [5.74, 6) is 1.01. The fourth-order valence-corrected chi connectivity index (χ4v) is 3.10. The lowest BCUT2D eigenvalue weighted by molar-refractivity contribution is -0.128. The van der Waals surface area contributed by atoms with E-state index in [1.54, 1.807) is 26.2 Å². The van der Waals surface area contributed by atoms with Gasteiger partial charge in [-0.25, -0.2) is 4.79 Å². The summed E-state index contributed by atoms with van der Waals surface area (Å²) in [4.78, 5) is 21.5. The molecular formula is C26H25NO5. The van der Waals surface area contributed by atoms with Crippen molar-refractivity contribution in [2.45, 2.75) is 13.5 Å². The maximum Gasteiger partial charge on any atom is 0.343 e. The molecule has 4 rings (SSSR count). The summed E-state index contributed by atoms with van der Waals surface area (Å²) >= 11 is 0. The summed E-state index contributed by atoms with van der Waals surface area (Å²) in [6.07, 6.45) is 2.04. The molecule has 0 aliphatic carbocycles. The molecule has 0 N–H and O–H groups in total. The van der Waals surface area contributed by atoms with Crippen molar-refractivity contribution in [3.8, 4) is 11.5 Å². The molecule has 164 valence electrons. The highest BCUT2D eigenvalue weighted by atomic mass is 16.5. The van der Waals surface area contributed by atoms with Crippen LogP contribution in [0, 0.1) is 0 Å². The SMILES string of the molecule is CCOC=O.COc1ccc(Cn2ccc3ccc(OC(=O)c4ccccc4)cc32)cc1. The van der Waals surface area contributed by atoms with Crippen LogP contribution in [-0.2, 0) is 16.1 Å². The Labute approximate surface area is 187 Å². The van der Waals surface area contributed by atoms with Gasteiger partial charge in [-0.15, -0.1) is 0 Å². The number of nitrogens with zero attached hydrogens (tertiary/aromatic N) is 1. The zero-order valence-electron chi connectivity index (χ0n) is 18.1. The second-order valence-corrected chi connectivity index (χ2v) is 6.82. The standard InChI is InChI=1S/C23H19NO3.C3H6O2/c1-26-20-10-7-17(8-11-20)16-24-14-13-18-9-12-21(15-22(18)24)27-23(25)19-5-3-2-4-6-19;1-2-5-3-4/h2-15H,16H2,1H3;3H,2H2,1H3. The van der Waals surface area contributed by atoms with Gasteiger partial charge in [0.05, 0.1) is 24.8 Å². The van der Waals surface area contributed by atoms with Gasteiger partial charge in [-0.2, -0.15) is 0 Å². The quantitative estimate of drug-likeness (QED) is 0.231. The molecule has 0 aliphatic heterocycles. The van der Waals surface area contributed by atoms with Crippen LogP contribution < -0.4 is 9.47 Å². The second kappa shape index (κ2) is 11.4. The molecule has 1 aromatic heterocycles. The Morgan fingerprint density at radius 3 is 2.28 bits per heavy atom. The Kier molecular flexibility index (Phi) is 8.03. The fourth-order valence-electron chi connectivity index (χ4n) is 3.10. The topological polar surface area (TPSA) is 66.8 Å². The largest absolute Gasteiger partial charge is 0.497 e. The van der Waals surface area contributed by atoms with E-state index in [9.17, 15) is 9.59 Å². The summed E-state index contributed by atoms with van der Waals surface area (Å²) < 4.78 is 17.0. The highest BCUT2D eigenvalue weighted by Crippen LogP contribution is 2.24. The van der Waals surface area contributed by atoms with Gasteiger partial charge in [-0.3, -0.25) is 4.79 Å². The molecule has 3 aromatic carbocycles. The maximum absolute atomic E-state index is 12.3. The molecule has 0 radical (unpaired) electrons. The molecule has 0 atom stereocenters. The molecule has 32 heavy (non-hydrogen) atoms. The number of carbonyl (C=O) groups excluding carboxylic acids is 2. The molecular weight excluding hydrogens is 406 g/mol. The van der Waals surface area contributed by atoms with Gasteiger partial charge in [0.1, 0.15) is 11.5 Å². The number of rotatable bonds is 7. The highest BCUT2D eigenvalue weighted by molar-refractivity contribution is 5.91. The molecule has 0 fully saturated rings. The first-order chi connectivity index (χ1) is 15.6. The van der Waals surface area contributed by atoms with Gasteiger partial charge in [0.15, 0.2) is 0 Å². The monoisotopic (exact) mass is 431 g/mol. The molecule has 0 saturated heterocycles. The van der Waals surface area contributed by atoms with Crippen LogP contribution in [0.15, 0.2) is 85.1 Å². The molecule has 1 heterocycles. The molecule has 0 bridgehead atoms. The Morgan fingerprint density at radius 1 is 0.938 bits per heavy atom. The van der Waals surface area contributed by atoms with Crippen molar-refractivity contribution >= 4 is 23.3 Å². The van der Waals surface area contributed by atoms with Crippen molar-refractivity contribution in [3.05, 3.63) is 96.2 Å². The van der Waals surface area contributed by atoms with Crippen LogP contribution in [0.25, 0.3) is 10.9 Å². The first kappa shape index (κ1) is 22.6. The summed E-state index contributed by atoms with van der Waals surface area (Å²) in [5.41, 5.74) is 2.72. The lowest BCUT2D eigenvalue weighted by Crippen LogP contribution is -2.08. The van der Waals surface area contributed by atoms with E-state index in [2.05, 4.69) is 15.4 Å². The number of methoxy groups -OCH3 is 1. The highest BCUT2D eigenvalue weighted by Gasteiger charge is 2.10. The minimum atomic E-state index is -0.358. The molecule has 0 aliphatic rings. The van der Waals surface area contributed by atoms with E-state index in [4.69, 9.17) is 9.47 Å². The lowest BCUT2D eigenvalue weighted by Gasteiger charge is -2.09. The predicted molar refractivity (Wildman–Crippen MR) is 123 cm³/mol. The van der Waals surface area contributed by atoms with Gasteiger partial charge in [-0.05, 0) is 60.3 Å². The predicted octanol–water partition coefficient (Wildman–Crippen LogP) is 5.10. The number of benzene rings is 3. The first-order valence-corrected chi connectivity index (χ1v) is 10.2. The van der Waals surface area contributed by atoms with Crippen molar-refractivity contribution in [3.63, 3.8) is 0 Å². The first-order valence-electron chi connectivity index (χ1n) is 10.2. The summed E-state index contributed by atoms with van der Waals surface area (Å²) in [6, 6.07) is 24.7. The number of fused-ring (bicyclic) bond motifs is 1. The molecule has 4 aromatic rings. The molecule has 0 spiro atoms. The van der Waals surface area contributed by atoms with Gasteiger partial charge >= 0.3 is 5.97 Å². The van der Waals surface area contributed by atoms with Crippen molar-refractivity contribution in [2.75, 3.05) is 13.7 Å². The fraction of sp³-hybridized carbons (Fsp3) is 0.154. The smallest absolute Gasteiger partial charge is 0.343 e. The molecule has 0 saturated carbocycles. The minimum absolute atomic E-state index is 0.358. The van der Waals surface area contributed by atoms with Crippen LogP contribution in [-0.4, -0.2) is 30.7 Å². The van der Waals surface area contributed by atoms with Crippen molar-refractivity contribution in [2.24, 2.45) is 0 Å². The lowest BCUT2D eigenvalue weighted by atomic mass is 10.2. The Hall–Kier alpha value is -4.06. The van der Waals surface area contributed by atoms with E-state index in [0.29, 0.717) is 24.4 Å². The number of aromatic nitrogens is 1. The van der Waals surface area contributed by atoms with E-state index >= 15 is 0 Å². The van der Waals surface area contributed by atoms with E-state index in [-0.39, 0.29) is 5.97 Å². The van der Waals surface area contributed by atoms with E-state index < -0.39 is 0 Å². The molecule has 6 nitrogen and oxygen atoms in total. The third-order valence-electron chi connectivity index (χ3n) is 4.71. The summed E-state index contributed by atoms with van der Waals surface area (Å²) in [7, 11) is 1.66. The Bertz CT molecular complexity index is 1150. The van der Waals surface area contributed by atoms with Gasteiger partial charge in [0, 0.05) is 18.8 Å². The number of carbonyl (C=O) groups is 2. The van der Waals surface area contributed by atoms with E-state index in [0.717, 1.165) is 23.2 Å². The third-order valence-corrected chi connectivity index (χ3v) is 4.71. The van der Waals surface area contributed by atoms with Crippen molar-refractivity contribution in [1.82, 2.24) is 4.57 Å². The number of hydrogen-bond acceptors (Lipinski definition) is 5. The number of ether oxygens (including phenoxy) is 3. The van der Waals surface area contributed by atoms with E-state index in [1.807, 2.05) is 66.9 Å². The third kappa shape index (κ3) is 5.98. The van der Waals surface area contributed by atoms with Crippen LogP contribution >= 0.6 is 0 Å². The normalized spacial score (nSPS) is 10.1. The van der Waals surface area contributed by atoms with Crippen LogP contribution in [0.1, 0.15) is 22.8 Å². The van der Waals surface area contributed by atoms with Gasteiger partial charge in [0.25, 0.3) is 6.47 Å². The summed E-state index contributed by atoms with van der Waals surface area (Å²) in [6.45, 7) is 3.39. The zero-order valence-corrected chi connectivity index (χ0v) is 18.1. The van der Waals surface area contributed by atoms with Crippen molar-refractivity contribution < 1.29 is 23.8 Å². The minimum Gasteiger partial charge on any atom is -0.497 e. The summed E-state index contributed by atoms with van der Waals surface area (Å²) in [5, 5.41) is 1.10. The zero-order chi connectivity index (χ0) is 22.8. The average Bonchev–Trinajstić information content (AvgIpc) is 3.23. The average molecular weight is 431 g/mol. The number of hydrogen-bond donors (Lipinski definition) is 0. The second-order valence-electron chi connectivity index (χ2n) is 6.82. The van der Waals surface area contributed by atoms with Crippen LogP contribution in [0.5, 0.6) is 11.5 Å². The Morgan fingerprint density at radius 2 is 1.66 bits per heavy atom. The number of esters is 1. The van der Waals surface area contributed by atoms with Gasteiger partial charge < -0.3 is 18.8 Å².